The monoisotopic (exact) mass is 285 g/mol. The molecule has 2 aromatic heterocycles. The molecule has 0 spiro atoms. The van der Waals surface area contributed by atoms with E-state index in [9.17, 15) is 15.2 Å². The molecule has 0 aliphatic carbocycles. The van der Waals surface area contributed by atoms with Crippen molar-refractivity contribution in [3.05, 3.63) is 45.9 Å². The molecule has 0 saturated heterocycles. The molecule has 0 radical (unpaired) electrons. The number of fused-ring (bicyclic) bond motifs is 1. The quantitative estimate of drug-likeness (QED) is 0.915. The first-order valence-corrected chi connectivity index (χ1v) is 7.00. The van der Waals surface area contributed by atoms with E-state index in [1.54, 1.807) is 28.5 Å². The molecule has 1 aliphatic rings. The molecule has 5 nitrogen and oxygen atoms in total. The first-order chi connectivity index (χ1) is 9.72. The Kier molecular flexibility index (Phi) is 3.12. The van der Waals surface area contributed by atoms with E-state index >= 15 is 0 Å². The average Bonchev–Trinajstić information content (AvgIpc) is 2.94. The number of thiophene rings is 1. The normalized spacial score (nSPS) is 17.4. The van der Waals surface area contributed by atoms with Crippen LogP contribution in [0.5, 0.6) is 0 Å². The van der Waals surface area contributed by atoms with E-state index in [1.165, 1.54) is 6.20 Å². The Hall–Kier alpha value is -2.39. The van der Waals surface area contributed by atoms with E-state index in [-0.39, 0.29) is 0 Å². The third kappa shape index (κ3) is 1.92. The highest BCUT2D eigenvalue weighted by Crippen LogP contribution is 2.37. The number of hydrogen-bond donors (Lipinski definition) is 1. The van der Waals surface area contributed by atoms with Gasteiger partial charge in [-0.3, -0.25) is 4.98 Å². The third-order valence-electron chi connectivity index (χ3n) is 3.43. The molecule has 2 aromatic rings. The average molecular weight is 285 g/mol. The highest BCUT2D eigenvalue weighted by atomic mass is 32.1. The van der Waals surface area contributed by atoms with Crippen LogP contribution in [0.15, 0.2) is 29.9 Å². The van der Waals surface area contributed by atoms with E-state index < -0.39 is 12.0 Å². The van der Waals surface area contributed by atoms with Crippen LogP contribution in [0.3, 0.4) is 0 Å². The van der Waals surface area contributed by atoms with Gasteiger partial charge in [0.1, 0.15) is 6.07 Å². The summed E-state index contributed by atoms with van der Waals surface area (Å²) >= 11 is 1.58. The summed E-state index contributed by atoms with van der Waals surface area (Å²) in [5.41, 5.74) is 1.85. The molecule has 20 heavy (non-hydrogen) atoms. The maximum absolute atomic E-state index is 11.7. The van der Waals surface area contributed by atoms with Crippen LogP contribution < -0.4 is 4.90 Å². The number of rotatable bonds is 2. The second kappa shape index (κ2) is 4.94. The highest BCUT2D eigenvalue weighted by molar-refractivity contribution is 7.10. The van der Waals surface area contributed by atoms with Gasteiger partial charge in [-0.15, -0.1) is 11.3 Å². The minimum atomic E-state index is -0.905. The Balaban J connectivity index is 2.10. The summed E-state index contributed by atoms with van der Waals surface area (Å²) in [5, 5.41) is 20.7. The summed E-state index contributed by atoms with van der Waals surface area (Å²) in [4.78, 5) is 18.5. The smallest absolute Gasteiger partial charge is 0.331 e. The largest absolute Gasteiger partial charge is 0.479 e. The Labute approximate surface area is 119 Å². The van der Waals surface area contributed by atoms with Gasteiger partial charge in [-0.2, -0.15) is 5.26 Å². The topological polar surface area (TPSA) is 77.2 Å². The van der Waals surface area contributed by atoms with E-state index in [4.69, 9.17) is 0 Å². The van der Waals surface area contributed by atoms with Gasteiger partial charge in [-0.1, -0.05) is 0 Å². The number of nitriles is 1. The molecule has 1 N–H and O–H groups in total. The van der Waals surface area contributed by atoms with Crippen molar-refractivity contribution in [3.8, 4) is 6.07 Å². The molecule has 0 bridgehead atoms. The Morgan fingerprint density at radius 1 is 1.55 bits per heavy atom. The van der Waals surface area contributed by atoms with Gasteiger partial charge in [-0.25, -0.2) is 4.79 Å². The zero-order valence-electron chi connectivity index (χ0n) is 10.5. The number of anilines is 1. The summed E-state index contributed by atoms with van der Waals surface area (Å²) in [6.07, 6.45) is 3.89. The second-order valence-corrected chi connectivity index (χ2v) is 5.49. The molecule has 1 aliphatic heterocycles. The van der Waals surface area contributed by atoms with Gasteiger partial charge >= 0.3 is 5.97 Å². The summed E-state index contributed by atoms with van der Waals surface area (Å²) in [7, 11) is 0. The fourth-order valence-electron chi connectivity index (χ4n) is 2.55. The zero-order valence-corrected chi connectivity index (χ0v) is 11.3. The van der Waals surface area contributed by atoms with Crippen molar-refractivity contribution < 1.29 is 9.90 Å². The Morgan fingerprint density at radius 2 is 2.40 bits per heavy atom. The third-order valence-corrected chi connectivity index (χ3v) is 4.43. The fraction of sp³-hybridized carbons (Fsp3) is 0.214. The van der Waals surface area contributed by atoms with E-state index in [0.29, 0.717) is 17.8 Å². The first-order valence-electron chi connectivity index (χ1n) is 6.12. The van der Waals surface area contributed by atoms with Crippen molar-refractivity contribution in [1.82, 2.24) is 4.98 Å². The van der Waals surface area contributed by atoms with Gasteiger partial charge in [0.25, 0.3) is 0 Å². The van der Waals surface area contributed by atoms with E-state index in [2.05, 4.69) is 11.1 Å². The van der Waals surface area contributed by atoms with Crippen LogP contribution in [0.4, 0.5) is 5.69 Å². The van der Waals surface area contributed by atoms with Gasteiger partial charge in [-0.05, 0) is 29.5 Å². The van der Waals surface area contributed by atoms with Crippen LogP contribution in [0, 0.1) is 11.3 Å². The van der Waals surface area contributed by atoms with Crippen LogP contribution in [-0.2, 0) is 11.2 Å². The van der Waals surface area contributed by atoms with Crippen molar-refractivity contribution in [2.75, 3.05) is 11.4 Å². The number of aliphatic carboxylic acids is 1. The standard InChI is InChI=1S/C14H11N3O2S/c15-7-9-1-4-16-8-11(9)17-5-2-12-10(3-6-20-12)13(17)14(18)19/h1,3-4,6,8,13H,2,5H2,(H,18,19). The second-order valence-electron chi connectivity index (χ2n) is 4.49. The van der Waals surface area contributed by atoms with Crippen molar-refractivity contribution in [1.29, 1.82) is 5.26 Å². The first kappa shape index (κ1) is 12.6. The summed E-state index contributed by atoms with van der Waals surface area (Å²) in [6.45, 7) is 0.574. The van der Waals surface area contributed by atoms with Gasteiger partial charge in [0, 0.05) is 17.6 Å². The number of carbonyl (C=O) groups is 1. The number of carboxylic acids is 1. The number of carboxylic acid groups (broad SMARTS) is 1. The predicted octanol–water partition coefficient (Wildman–Crippen LogP) is 2.20. The maximum atomic E-state index is 11.7. The molecule has 6 heteroatoms. The molecular formula is C14H11N3O2S. The van der Waals surface area contributed by atoms with Crippen molar-refractivity contribution >= 4 is 23.0 Å². The minimum absolute atomic E-state index is 0.449. The summed E-state index contributed by atoms with van der Waals surface area (Å²) < 4.78 is 0. The van der Waals surface area contributed by atoms with Crippen LogP contribution in [0.25, 0.3) is 0 Å². The summed E-state index contributed by atoms with van der Waals surface area (Å²) in [5.74, 6) is -0.905. The lowest BCUT2D eigenvalue weighted by atomic mass is 9.98. The molecule has 0 aromatic carbocycles. The zero-order chi connectivity index (χ0) is 14.1. The lowest BCUT2D eigenvalue weighted by Crippen LogP contribution is -2.39. The number of hydrogen-bond acceptors (Lipinski definition) is 5. The van der Waals surface area contributed by atoms with Crippen molar-refractivity contribution in [2.45, 2.75) is 12.5 Å². The van der Waals surface area contributed by atoms with E-state index in [0.717, 1.165) is 16.9 Å². The fourth-order valence-corrected chi connectivity index (χ4v) is 3.46. The molecule has 1 atom stereocenters. The molecule has 3 heterocycles. The van der Waals surface area contributed by atoms with Gasteiger partial charge in [0.05, 0.1) is 17.4 Å². The Bertz CT molecular complexity index is 704. The lowest BCUT2D eigenvalue weighted by Gasteiger charge is -2.35. The maximum Gasteiger partial charge on any atom is 0.331 e. The van der Waals surface area contributed by atoms with Crippen LogP contribution in [0.2, 0.25) is 0 Å². The predicted molar refractivity (Wildman–Crippen MR) is 74.7 cm³/mol. The van der Waals surface area contributed by atoms with Crippen molar-refractivity contribution in [3.63, 3.8) is 0 Å². The minimum Gasteiger partial charge on any atom is -0.479 e. The Morgan fingerprint density at radius 3 is 3.15 bits per heavy atom. The van der Waals surface area contributed by atoms with Gasteiger partial charge in [0.15, 0.2) is 6.04 Å². The van der Waals surface area contributed by atoms with Gasteiger partial charge in [0.2, 0.25) is 0 Å². The number of aromatic nitrogens is 1. The molecule has 1 unspecified atom stereocenters. The van der Waals surface area contributed by atoms with E-state index in [1.807, 2.05) is 11.4 Å². The highest BCUT2D eigenvalue weighted by Gasteiger charge is 2.34. The van der Waals surface area contributed by atoms with Gasteiger partial charge < -0.3 is 10.0 Å². The van der Waals surface area contributed by atoms with Crippen LogP contribution in [-0.4, -0.2) is 22.6 Å². The molecule has 0 saturated carbocycles. The number of pyridine rings is 1. The summed E-state index contributed by atoms with van der Waals surface area (Å²) in [6, 6.07) is 4.81. The number of nitrogens with zero attached hydrogens (tertiary/aromatic N) is 3. The molecular weight excluding hydrogens is 274 g/mol. The SMILES string of the molecule is N#Cc1ccncc1N1CCc2sccc2C1C(=O)O. The van der Waals surface area contributed by atoms with Crippen molar-refractivity contribution in [2.24, 2.45) is 0 Å². The van der Waals surface area contributed by atoms with Crippen LogP contribution in [0.1, 0.15) is 22.0 Å². The lowest BCUT2D eigenvalue weighted by molar-refractivity contribution is -0.138. The molecule has 0 fully saturated rings. The van der Waals surface area contributed by atoms with Crippen LogP contribution >= 0.6 is 11.3 Å². The molecule has 3 rings (SSSR count). The molecule has 100 valence electrons. The molecule has 0 amide bonds.